The minimum Gasteiger partial charge on any atom is -0.201 e. The van der Waals surface area contributed by atoms with Crippen molar-refractivity contribution in [2.45, 2.75) is 13.0 Å². The predicted octanol–water partition coefficient (Wildman–Crippen LogP) is 0.200. The van der Waals surface area contributed by atoms with Gasteiger partial charge in [0.25, 0.3) is 0 Å². The van der Waals surface area contributed by atoms with Crippen LogP contribution in [0.25, 0.3) is 0 Å². The molecule has 0 aliphatic carbocycles. The van der Waals surface area contributed by atoms with Crippen molar-refractivity contribution >= 4 is 0 Å². The van der Waals surface area contributed by atoms with Crippen LogP contribution < -0.4 is 0 Å². The summed E-state index contributed by atoms with van der Waals surface area (Å²) in [4.78, 5) is 8.77. The van der Waals surface area contributed by atoms with Crippen molar-refractivity contribution in [3.05, 3.63) is 0 Å². The van der Waals surface area contributed by atoms with E-state index in [1.165, 1.54) is 0 Å². The average Bonchev–Trinajstić information content (AvgIpc) is 1.69. The maximum absolute atomic E-state index is 4.43. The van der Waals surface area contributed by atoms with Crippen molar-refractivity contribution in [1.29, 1.82) is 0 Å². The molecule has 0 amide bonds. The van der Waals surface area contributed by atoms with Gasteiger partial charge in [0.2, 0.25) is 0 Å². The molecule has 0 saturated carbocycles. The Hall–Kier alpha value is -0.160. The highest BCUT2D eigenvalue weighted by molar-refractivity contribution is 4.39. The third-order valence-corrected chi connectivity index (χ3v) is 0.582. The highest BCUT2D eigenvalue weighted by atomic mass is 17.7. The Morgan fingerprint density at radius 1 is 1.43 bits per heavy atom. The van der Waals surface area contributed by atoms with E-state index in [0.717, 1.165) is 0 Å². The summed E-state index contributed by atoms with van der Waals surface area (Å²) in [6.45, 7) is 2.22. The Morgan fingerprint density at radius 2 is 2.29 bits per heavy atom. The largest absolute Gasteiger partial charge is 0.201 e. The van der Waals surface area contributed by atoms with E-state index in [1.807, 2.05) is 6.92 Å². The molecule has 1 fully saturated rings. The lowest BCUT2D eigenvalue weighted by Gasteiger charge is -2.13. The third-order valence-electron chi connectivity index (χ3n) is 0.582. The Balaban J connectivity index is 2.12. The maximum atomic E-state index is 4.43. The summed E-state index contributed by atoms with van der Waals surface area (Å²) in [5.41, 5.74) is 0. The molecule has 0 bridgehead atoms. The van der Waals surface area contributed by atoms with E-state index in [2.05, 4.69) is 19.9 Å². The van der Waals surface area contributed by atoms with Crippen LogP contribution in [0.3, 0.4) is 0 Å². The Kier molecular flexibility index (Phi) is 1.59. The Bertz CT molecular complexity index is 48.9. The summed E-state index contributed by atoms with van der Waals surface area (Å²) in [6.07, 6.45) is -0.0336. The highest BCUT2D eigenvalue weighted by Crippen LogP contribution is 2.00. The van der Waals surface area contributed by atoms with Crippen LogP contribution in [0.5, 0.6) is 0 Å². The van der Waals surface area contributed by atoms with Gasteiger partial charge >= 0.3 is 0 Å². The molecular formula is C3H6O4. The van der Waals surface area contributed by atoms with Gasteiger partial charge in [-0.25, -0.2) is 4.89 Å². The van der Waals surface area contributed by atoms with Crippen molar-refractivity contribution in [2.24, 2.45) is 0 Å². The fourth-order valence-corrected chi connectivity index (χ4v) is 0.254. The summed E-state index contributed by atoms with van der Waals surface area (Å²) >= 11 is 0. The molecular weight excluding hydrogens is 100 g/mol. The van der Waals surface area contributed by atoms with Gasteiger partial charge in [0.05, 0.1) is 0 Å². The smallest absolute Gasteiger partial charge is 0.120 e. The highest BCUT2D eigenvalue weighted by Gasteiger charge is 2.09. The van der Waals surface area contributed by atoms with Gasteiger partial charge in [0.1, 0.15) is 12.7 Å². The second-order valence-electron chi connectivity index (χ2n) is 1.33. The first-order valence-electron chi connectivity index (χ1n) is 2.01. The molecule has 1 unspecified atom stereocenters. The number of hydrogen-bond acceptors (Lipinski definition) is 4. The van der Waals surface area contributed by atoms with Gasteiger partial charge in [0.15, 0.2) is 0 Å². The molecule has 0 radical (unpaired) electrons. The van der Waals surface area contributed by atoms with Gasteiger partial charge < -0.3 is 0 Å². The van der Waals surface area contributed by atoms with Crippen molar-refractivity contribution < 1.29 is 19.9 Å². The summed E-state index contributed by atoms with van der Waals surface area (Å²) in [5.74, 6) is 0. The molecule has 0 aromatic rings. The molecule has 4 nitrogen and oxygen atoms in total. The zero-order chi connectivity index (χ0) is 5.11. The topological polar surface area (TPSA) is 36.9 Å². The zero-order valence-electron chi connectivity index (χ0n) is 3.92. The molecule has 0 aromatic heterocycles. The molecule has 42 valence electrons. The van der Waals surface area contributed by atoms with E-state index in [9.17, 15) is 0 Å². The van der Waals surface area contributed by atoms with Crippen molar-refractivity contribution in [3.63, 3.8) is 0 Å². The second kappa shape index (κ2) is 2.23. The van der Waals surface area contributed by atoms with Crippen LogP contribution in [-0.4, -0.2) is 12.7 Å². The van der Waals surface area contributed by atoms with E-state index < -0.39 is 0 Å². The van der Waals surface area contributed by atoms with E-state index in [4.69, 9.17) is 0 Å². The monoisotopic (exact) mass is 106 g/mol. The van der Waals surface area contributed by atoms with Crippen molar-refractivity contribution in [2.75, 3.05) is 6.61 Å². The Labute approximate surface area is 40.7 Å². The van der Waals surface area contributed by atoms with Crippen LogP contribution in [0.4, 0.5) is 0 Å². The van der Waals surface area contributed by atoms with Gasteiger partial charge in [0, 0.05) is 0 Å². The fourth-order valence-electron chi connectivity index (χ4n) is 0.254. The van der Waals surface area contributed by atoms with Gasteiger partial charge in [-0.05, 0) is 17.0 Å². The van der Waals surface area contributed by atoms with Crippen LogP contribution in [0.2, 0.25) is 0 Å². The SMILES string of the molecule is CC1COOOO1. The molecule has 1 aliphatic rings. The van der Waals surface area contributed by atoms with Crippen molar-refractivity contribution in [3.8, 4) is 0 Å². The standard InChI is InChI=1S/C3H6O4/c1-3-2-4-6-7-5-3/h3H,2H2,1H3. The van der Waals surface area contributed by atoms with E-state index in [-0.39, 0.29) is 6.10 Å². The van der Waals surface area contributed by atoms with Crippen LogP contribution in [-0.2, 0) is 19.9 Å². The van der Waals surface area contributed by atoms with Gasteiger partial charge in [-0.1, -0.05) is 0 Å². The van der Waals surface area contributed by atoms with Crippen LogP contribution >= 0.6 is 0 Å². The average molecular weight is 106 g/mol. The first kappa shape index (κ1) is 4.99. The molecule has 1 saturated heterocycles. The first-order chi connectivity index (χ1) is 3.39. The quantitative estimate of drug-likeness (QED) is 0.413. The van der Waals surface area contributed by atoms with Crippen LogP contribution in [0.1, 0.15) is 6.92 Å². The molecule has 7 heavy (non-hydrogen) atoms. The molecule has 1 atom stereocenters. The molecule has 0 N–H and O–H groups in total. The number of hydrogen-bond donors (Lipinski definition) is 0. The van der Waals surface area contributed by atoms with E-state index in [0.29, 0.717) is 6.61 Å². The first-order valence-corrected chi connectivity index (χ1v) is 2.01. The van der Waals surface area contributed by atoms with E-state index in [1.54, 1.807) is 0 Å². The molecule has 0 spiro atoms. The normalized spacial score (nSPS) is 33.0. The number of rotatable bonds is 0. The molecule has 1 heterocycles. The van der Waals surface area contributed by atoms with Gasteiger partial charge in [-0.2, -0.15) is 4.89 Å². The lowest BCUT2D eigenvalue weighted by Crippen LogP contribution is -2.22. The second-order valence-corrected chi connectivity index (χ2v) is 1.33. The summed E-state index contributed by atoms with van der Waals surface area (Å²) in [5, 5.41) is 7.88. The molecule has 1 rings (SSSR count). The van der Waals surface area contributed by atoms with Gasteiger partial charge in [-0.15, -0.1) is 0 Å². The van der Waals surface area contributed by atoms with Crippen molar-refractivity contribution in [1.82, 2.24) is 0 Å². The summed E-state index contributed by atoms with van der Waals surface area (Å²) < 4.78 is 0. The maximum Gasteiger partial charge on any atom is 0.120 e. The molecule has 0 aromatic carbocycles. The molecule has 4 heteroatoms. The van der Waals surface area contributed by atoms with E-state index >= 15 is 0 Å². The Morgan fingerprint density at radius 3 is 2.57 bits per heavy atom. The summed E-state index contributed by atoms with van der Waals surface area (Å²) in [7, 11) is 0. The minimum atomic E-state index is -0.0336. The predicted molar refractivity (Wildman–Crippen MR) is 18.7 cm³/mol. The lowest BCUT2D eigenvalue weighted by atomic mass is 10.5. The van der Waals surface area contributed by atoms with Crippen LogP contribution in [0, 0.1) is 0 Å². The van der Waals surface area contributed by atoms with Crippen LogP contribution in [0.15, 0.2) is 0 Å². The summed E-state index contributed by atoms with van der Waals surface area (Å²) in [6, 6.07) is 0. The van der Waals surface area contributed by atoms with Gasteiger partial charge in [-0.3, -0.25) is 0 Å². The minimum absolute atomic E-state index is 0.0336. The fraction of sp³-hybridized carbons (Fsp3) is 1.00. The lowest BCUT2D eigenvalue weighted by molar-refractivity contribution is -0.674. The zero-order valence-corrected chi connectivity index (χ0v) is 3.92. The molecule has 1 aliphatic heterocycles. The third kappa shape index (κ3) is 1.40.